The predicted octanol–water partition coefficient (Wildman–Crippen LogP) is 2.79. The zero-order valence-electron chi connectivity index (χ0n) is 7.70. The number of aliphatic imine (C=N–C) groups is 1. The first-order valence-corrected chi connectivity index (χ1v) is 4.73. The van der Waals surface area contributed by atoms with Gasteiger partial charge in [0.05, 0.1) is 18.2 Å². The largest absolute Gasteiger partial charge is 0.504 e. The highest BCUT2D eigenvalue weighted by Gasteiger charge is 2.18. The number of methoxy groups -OCH3 is 1. The summed E-state index contributed by atoms with van der Waals surface area (Å²) in [5.74, 6) is 0.528. The lowest BCUT2D eigenvalue weighted by molar-refractivity contribution is 0.373. The Morgan fingerprint density at radius 2 is 2.36 bits per heavy atom. The van der Waals surface area contributed by atoms with Crippen molar-refractivity contribution in [3.05, 3.63) is 17.7 Å². The van der Waals surface area contributed by atoms with Crippen LogP contribution in [-0.4, -0.2) is 18.4 Å². The summed E-state index contributed by atoms with van der Waals surface area (Å²) in [6.45, 7) is 0. The first-order valence-electron chi connectivity index (χ1n) is 4.30. The highest BCUT2D eigenvalue weighted by molar-refractivity contribution is 6.22. The molecule has 1 aromatic carbocycles. The van der Waals surface area contributed by atoms with Crippen LogP contribution >= 0.6 is 11.6 Å². The Labute approximate surface area is 87.0 Å². The van der Waals surface area contributed by atoms with E-state index in [1.54, 1.807) is 18.3 Å². The van der Waals surface area contributed by atoms with E-state index in [0.717, 1.165) is 11.3 Å². The molecule has 1 unspecified atom stereocenters. The molecule has 2 rings (SSSR count). The van der Waals surface area contributed by atoms with Gasteiger partial charge in [0.25, 0.3) is 0 Å². The van der Waals surface area contributed by atoms with Crippen molar-refractivity contribution in [3.63, 3.8) is 0 Å². The number of ether oxygens (including phenoxy) is 1. The van der Waals surface area contributed by atoms with Gasteiger partial charge in [-0.25, -0.2) is 0 Å². The Hall–Kier alpha value is -1.22. The van der Waals surface area contributed by atoms with Gasteiger partial charge in [-0.1, -0.05) is 0 Å². The van der Waals surface area contributed by atoms with E-state index >= 15 is 0 Å². The van der Waals surface area contributed by atoms with E-state index < -0.39 is 0 Å². The maximum atomic E-state index is 9.51. The van der Waals surface area contributed by atoms with Crippen molar-refractivity contribution in [2.75, 3.05) is 7.11 Å². The van der Waals surface area contributed by atoms with Crippen LogP contribution in [0.3, 0.4) is 0 Å². The van der Waals surface area contributed by atoms with Crippen molar-refractivity contribution in [2.45, 2.75) is 11.8 Å². The van der Waals surface area contributed by atoms with E-state index in [0.29, 0.717) is 12.2 Å². The molecule has 14 heavy (non-hydrogen) atoms. The van der Waals surface area contributed by atoms with Crippen LogP contribution in [0.5, 0.6) is 11.5 Å². The third-order valence-corrected chi connectivity index (χ3v) is 2.62. The summed E-state index contributed by atoms with van der Waals surface area (Å²) < 4.78 is 5.00. The Bertz CT molecular complexity index is 390. The zero-order chi connectivity index (χ0) is 10.1. The standard InChI is InChI=1S/C10H10ClNO2/c1-14-10-4-6-7(11)2-3-12-8(6)5-9(10)13/h3-5,7,13H,2H2,1H3. The van der Waals surface area contributed by atoms with Crippen molar-refractivity contribution in [1.82, 2.24) is 0 Å². The monoisotopic (exact) mass is 211 g/mol. The molecular weight excluding hydrogens is 202 g/mol. The molecule has 0 fully saturated rings. The molecular formula is C10H10ClNO2. The summed E-state index contributed by atoms with van der Waals surface area (Å²) in [5, 5.41) is 9.42. The number of aromatic hydroxyl groups is 1. The number of alkyl halides is 1. The summed E-state index contributed by atoms with van der Waals surface area (Å²) in [4.78, 5) is 4.15. The van der Waals surface area contributed by atoms with Gasteiger partial charge in [-0.3, -0.25) is 4.99 Å². The highest BCUT2D eigenvalue weighted by atomic mass is 35.5. The van der Waals surface area contributed by atoms with Gasteiger partial charge in [-0.2, -0.15) is 0 Å². The second-order valence-electron chi connectivity index (χ2n) is 3.10. The minimum Gasteiger partial charge on any atom is -0.504 e. The fraction of sp³-hybridized carbons (Fsp3) is 0.300. The fourth-order valence-corrected chi connectivity index (χ4v) is 1.72. The average Bonchev–Trinajstić information content (AvgIpc) is 2.17. The minimum absolute atomic E-state index is 0.0861. The molecule has 1 N–H and O–H groups in total. The van der Waals surface area contributed by atoms with E-state index in [4.69, 9.17) is 16.3 Å². The van der Waals surface area contributed by atoms with Gasteiger partial charge in [0, 0.05) is 18.7 Å². The number of phenolic OH excluding ortho intramolecular Hbond substituents is 1. The SMILES string of the molecule is COc1cc2c(cc1O)N=CCC2Cl. The molecule has 4 heteroatoms. The molecule has 1 aliphatic heterocycles. The third-order valence-electron chi connectivity index (χ3n) is 2.21. The van der Waals surface area contributed by atoms with Crippen molar-refractivity contribution < 1.29 is 9.84 Å². The normalized spacial score (nSPS) is 19.1. The summed E-state index contributed by atoms with van der Waals surface area (Å²) in [6, 6.07) is 3.30. The summed E-state index contributed by atoms with van der Waals surface area (Å²) in [5.41, 5.74) is 1.62. The van der Waals surface area contributed by atoms with E-state index in [-0.39, 0.29) is 11.1 Å². The highest BCUT2D eigenvalue weighted by Crippen LogP contribution is 2.41. The van der Waals surface area contributed by atoms with Gasteiger partial charge in [0.2, 0.25) is 0 Å². The van der Waals surface area contributed by atoms with Crippen LogP contribution in [0, 0.1) is 0 Å². The second-order valence-corrected chi connectivity index (χ2v) is 3.62. The van der Waals surface area contributed by atoms with Gasteiger partial charge in [-0.15, -0.1) is 11.6 Å². The van der Waals surface area contributed by atoms with Crippen molar-refractivity contribution in [2.24, 2.45) is 4.99 Å². The summed E-state index contributed by atoms with van der Waals surface area (Å²) in [7, 11) is 1.51. The van der Waals surface area contributed by atoms with Gasteiger partial charge < -0.3 is 9.84 Å². The summed E-state index contributed by atoms with van der Waals surface area (Å²) in [6.07, 6.45) is 2.47. The smallest absolute Gasteiger partial charge is 0.160 e. The molecule has 0 saturated heterocycles. The molecule has 0 spiro atoms. The van der Waals surface area contributed by atoms with Crippen LogP contribution in [0.2, 0.25) is 0 Å². The number of hydrogen-bond donors (Lipinski definition) is 1. The molecule has 0 aromatic heterocycles. The molecule has 1 aromatic rings. The Balaban J connectivity index is 2.56. The molecule has 1 heterocycles. The lowest BCUT2D eigenvalue weighted by atomic mass is 10.0. The van der Waals surface area contributed by atoms with Crippen LogP contribution in [0.25, 0.3) is 0 Å². The van der Waals surface area contributed by atoms with Gasteiger partial charge >= 0.3 is 0 Å². The van der Waals surface area contributed by atoms with Crippen LogP contribution < -0.4 is 4.74 Å². The van der Waals surface area contributed by atoms with Crippen LogP contribution in [0.15, 0.2) is 17.1 Å². The van der Waals surface area contributed by atoms with E-state index in [1.165, 1.54) is 7.11 Å². The fourth-order valence-electron chi connectivity index (χ4n) is 1.47. The molecule has 0 aliphatic carbocycles. The van der Waals surface area contributed by atoms with Gasteiger partial charge in [0.1, 0.15) is 0 Å². The van der Waals surface area contributed by atoms with Crippen molar-refractivity contribution >= 4 is 23.5 Å². The lowest BCUT2D eigenvalue weighted by Crippen LogP contribution is -1.98. The molecule has 3 nitrogen and oxygen atoms in total. The predicted molar refractivity (Wildman–Crippen MR) is 56.0 cm³/mol. The Morgan fingerprint density at radius 1 is 1.57 bits per heavy atom. The number of nitrogens with zero attached hydrogens (tertiary/aromatic N) is 1. The number of benzene rings is 1. The topological polar surface area (TPSA) is 41.8 Å². The number of phenols is 1. The molecule has 0 bridgehead atoms. The third kappa shape index (κ3) is 1.44. The second kappa shape index (κ2) is 3.50. The minimum atomic E-state index is -0.0861. The van der Waals surface area contributed by atoms with Crippen LogP contribution in [-0.2, 0) is 0 Å². The van der Waals surface area contributed by atoms with Crippen molar-refractivity contribution in [1.29, 1.82) is 0 Å². The first kappa shape index (κ1) is 9.34. The van der Waals surface area contributed by atoms with Gasteiger partial charge in [-0.05, 0) is 11.6 Å². The average molecular weight is 212 g/mol. The van der Waals surface area contributed by atoms with Crippen LogP contribution in [0.4, 0.5) is 5.69 Å². The Kier molecular flexibility index (Phi) is 2.33. The van der Waals surface area contributed by atoms with Crippen LogP contribution in [0.1, 0.15) is 17.4 Å². The quantitative estimate of drug-likeness (QED) is 0.726. The first-order chi connectivity index (χ1) is 6.72. The maximum absolute atomic E-state index is 9.51. The van der Waals surface area contributed by atoms with E-state index in [1.807, 2.05) is 0 Å². The molecule has 0 amide bonds. The number of halogens is 1. The molecule has 1 aliphatic rings. The summed E-state index contributed by atoms with van der Waals surface area (Å²) >= 11 is 6.10. The Morgan fingerprint density at radius 3 is 3.07 bits per heavy atom. The maximum Gasteiger partial charge on any atom is 0.160 e. The zero-order valence-corrected chi connectivity index (χ0v) is 8.45. The molecule has 0 saturated carbocycles. The molecule has 74 valence electrons. The van der Waals surface area contributed by atoms with E-state index in [9.17, 15) is 5.11 Å². The number of rotatable bonds is 1. The van der Waals surface area contributed by atoms with E-state index in [2.05, 4.69) is 4.99 Å². The molecule has 1 atom stereocenters. The number of fused-ring (bicyclic) bond motifs is 1. The van der Waals surface area contributed by atoms with Gasteiger partial charge in [0.15, 0.2) is 11.5 Å². The lowest BCUT2D eigenvalue weighted by Gasteiger charge is -2.16. The molecule has 0 radical (unpaired) electrons. The van der Waals surface area contributed by atoms with Crippen molar-refractivity contribution in [3.8, 4) is 11.5 Å². The number of hydrogen-bond acceptors (Lipinski definition) is 3.